The molecule has 0 atom stereocenters. The minimum atomic E-state index is -0.00978. The molecule has 0 spiro atoms. The van der Waals surface area contributed by atoms with Crippen molar-refractivity contribution in [2.24, 2.45) is 0 Å². The first-order valence-corrected chi connectivity index (χ1v) is 11.3. The summed E-state index contributed by atoms with van der Waals surface area (Å²) < 4.78 is 6.54. The van der Waals surface area contributed by atoms with Gasteiger partial charge in [-0.25, -0.2) is 4.98 Å². The third-order valence-corrected chi connectivity index (χ3v) is 6.72. The fourth-order valence-electron chi connectivity index (χ4n) is 3.30. The van der Waals surface area contributed by atoms with Crippen LogP contribution >= 0.6 is 22.7 Å². The molecular weight excluding hydrogens is 390 g/mol. The molecule has 3 heterocycles. The zero-order valence-electron chi connectivity index (χ0n) is 15.7. The molecule has 0 radical (unpaired) electrons. The van der Waals surface area contributed by atoms with E-state index in [1.165, 1.54) is 0 Å². The topological polar surface area (TPSA) is 46.9 Å². The molecule has 1 N–H and O–H groups in total. The summed E-state index contributed by atoms with van der Waals surface area (Å²) in [5, 5.41) is 2.79. The van der Waals surface area contributed by atoms with Crippen LogP contribution in [0.4, 0.5) is 5.13 Å². The third-order valence-electron chi connectivity index (χ3n) is 4.82. The highest BCUT2D eigenvalue weighted by molar-refractivity contribution is 7.22. The Morgan fingerprint density at radius 2 is 2.07 bits per heavy atom. The van der Waals surface area contributed by atoms with E-state index in [2.05, 4.69) is 6.07 Å². The van der Waals surface area contributed by atoms with Crippen LogP contribution in [0, 0.1) is 0 Å². The van der Waals surface area contributed by atoms with E-state index >= 15 is 0 Å². The summed E-state index contributed by atoms with van der Waals surface area (Å²) in [6.07, 6.45) is 4.50. The minimum absolute atomic E-state index is 0.00978. The number of aromatic nitrogens is 1. The Kier molecular flexibility index (Phi) is 6.49. The monoisotopic (exact) mass is 414 g/mol. The lowest BCUT2D eigenvalue weighted by molar-refractivity contribution is -0.908. The number of morpholine rings is 1. The van der Waals surface area contributed by atoms with Gasteiger partial charge in [0.05, 0.1) is 30.0 Å². The average Bonchev–Trinajstić information content (AvgIpc) is 3.39. The Morgan fingerprint density at radius 1 is 1.21 bits per heavy atom. The van der Waals surface area contributed by atoms with Gasteiger partial charge in [-0.15, -0.1) is 11.3 Å². The minimum Gasteiger partial charge on any atom is -0.370 e. The number of quaternary nitrogens is 1. The van der Waals surface area contributed by atoms with Crippen molar-refractivity contribution < 1.29 is 14.4 Å². The van der Waals surface area contributed by atoms with Crippen LogP contribution in [0.5, 0.6) is 0 Å². The van der Waals surface area contributed by atoms with Crippen LogP contribution in [-0.4, -0.2) is 50.3 Å². The smallest absolute Gasteiger partial charge is 0.252 e. The average molecular weight is 415 g/mol. The van der Waals surface area contributed by atoms with E-state index in [-0.39, 0.29) is 5.91 Å². The number of nitrogens with one attached hydrogen (secondary N) is 1. The molecule has 1 aliphatic heterocycles. The first-order chi connectivity index (χ1) is 13.8. The number of rotatable bonds is 7. The molecule has 3 aromatic rings. The second kappa shape index (κ2) is 9.43. The van der Waals surface area contributed by atoms with Crippen molar-refractivity contribution in [2.45, 2.75) is 6.42 Å². The predicted octanol–water partition coefficient (Wildman–Crippen LogP) is 2.71. The lowest BCUT2D eigenvalue weighted by Crippen LogP contribution is -3.14. The summed E-state index contributed by atoms with van der Waals surface area (Å²) in [7, 11) is 0. The SMILES string of the molecule is O=C(/C=C/c1cccs1)N(CCC[NH+]1CCOCC1)c1nc2ccccc2s1. The Labute approximate surface area is 172 Å². The molecule has 28 heavy (non-hydrogen) atoms. The van der Waals surface area contributed by atoms with Crippen LogP contribution < -0.4 is 9.80 Å². The van der Waals surface area contributed by atoms with Gasteiger partial charge in [-0.3, -0.25) is 9.69 Å². The molecule has 1 amide bonds. The maximum Gasteiger partial charge on any atom is 0.252 e. The second-order valence-electron chi connectivity index (χ2n) is 6.77. The summed E-state index contributed by atoms with van der Waals surface area (Å²) in [5.74, 6) is -0.00978. The predicted molar refractivity (Wildman–Crippen MR) is 116 cm³/mol. The Balaban J connectivity index is 1.48. The highest BCUT2D eigenvalue weighted by Gasteiger charge is 2.19. The van der Waals surface area contributed by atoms with Crippen molar-refractivity contribution in [3.8, 4) is 0 Å². The number of anilines is 1. The summed E-state index contributed by atoms with van der Waals surface area (Å²) in [6.45, 7) is 5.49. The number of nitrogens with zero attached hydrogens (tertiary/aromatic N) is 2. The summed E-state index contributed by atoms with van der Waals surface area (Å²) >= 11 is 3.21. The third kappa shape index (κ3) is 4.86. The van der Waals surface area contributed by atoms with Crippen molar-refractivity contribution in [3.63, 3.8) is 0 Å². The molecule has 0 bridgehead atoms. The molecule has 4 rings (SSSR count). The number of hydrogen-bond acceptors (Lipinski definition) is 5. The van der Waals surface area contributed by atoms with Gasteiger partial charge >= 0.3 is 0 Å². The fourth-order valence-corrected chi connectivity index (χ4v) is 4.92. The van der Waals surface area contributed by atoms with Gasteiger partial charge in [0.25, 0.3) is 5.91 Å². The molecule has 1 aromatic carbocycles. The van der Waals surface area contributed by atoms with Gasteiger partial charge in [-0.1, -0.05) is 29.5 Å². The van der Waals surface area contributed by atoms with E-state index < -0.39 is 0 Å². The number of carbonyl (C=O) groups excluding carboxylic acids is 1. The molecule has 1 fully saturated rings. The number of fused-ring (bicyclic) bond motifs is 1. The first-order valence-electron chi connectivity index (χ1n) is 9.59. The zero-order chi connectivity index (χ0) is 19.2. The van der Waals surface area contributed by atoms with Gasteiger partial charge in [0.2, 0.25) is 0 Å². The molecule has 0 aliphatic carbocycles. The van der Waals surface area contributed by atoms with E-state index in [9.17, 15) is 4.79 Å². The fraction of sp³-hybridized carbons (Fsp3) is 0.333. The van der Waals surface area contributed by atoms with E-state index in [4.69, 9.17) is 9.72 Å². The van der Waals surface area contributed by atoms with Gasteiger partial charge < -0.3 is 9.64 Å². The number of hydrogen-bond donors (Lipinski definition) is 1. The molecule has 5 nitrogen and oxygen atoms in total. The van der Waals surface area contributed by atoms with Crippen molar-refractivity contribution in [1.29, 1.82) is 0 Å². The van der Waals surface area contributed by atoms with E-state index in [1.54, 1.807) is 33.6 Å². The number of benzene rings is 1. The molecule has 146 valence electrons. The Bertz CT molecular complexity index is 897. The van der Waals surface area contributed by atoms with E-state index in [0.717, 1.165) is 59.5 Å². The van der Waals surface area contributed by atoms with E-state index in [1.807, 2.05) is 46.7 Å². The lowest BCUT2D eigenvalue weighted by atomic mass is 10.3. The number of carbonyl (C=O) groups is 1. The van der Waals surface area contributed by atoms with Crippen LogP contribution in [-0.2, 0) is 9.53 Å². The second-order valence-corrected chi connectivity index (χ2v) is 8.76. The molecule has 1 aliphatic rings. The van der Waals surface area contributed by atoms with Gasteiger partial charge in [0, 0.05) is 23.9 Å². The van der Waals surface area contributed by atoms with Crippen molar-refractivity contribution in [2.75, 3.05) is 44.3 Å². The number of thiazole rings is 1. The largest absolute Gasteiger partial charge is 0.370 e. The van der Waals surface area contributed by atoms with Crippen LogP contribution in [0.15, 0.2) is 47.9 Å². The normalized spacial score (nSPS) is 15.4. The first kappa shape index (κ1) is 19.3. The van der Waals surface area contributed by atoms with Crippen molar-refractivity contribution in [1.82, 2.24) is 4.98 Å². The van der Waals surface area contributed by atoms with Gasteiger partial charge in [0.1, 0.15) is 13.1 Å². The maximum atomic E-state index is 13.0. The quantitative estimate of drug-likeness (QED) is 0.605. The Hall–Kier alpha value is -2.06. The number of ether oxygens (including phenoxy) is 1. The molecule has 1 saturated heterocycles. The highest BCUT2D eigenvalue weighted by atomic mass is 32.1. The number of thiophene rings is 1. The summed E-state index contributed by atoms with van der Waals surface area (Å²) in [6, 6.07) is 12.0. The number of para-hydroxylation sites is 1. The summed E-state index contributed by atoms with van der Waals surface area (Å²) in [4.78, 5) is 22.2. The Morgan fingerprint density at radius 3 is 2.86 bits per heavy atom. The molecule has 7 heteroatoms. The van der Waals surface area contributed by atoms with Gasteiger partial charge in [-0.05, 0) is 29.7 Å². The van der Waals surface area contributed by atoms with Gasteiger partial charge in [-0.2, -0.15) is 0 Å². The molecule has 0 unspecified atom stereocenters. The molecular formula is C21H24N3O2S2+. The molecule has 2 aromatic heterocycles. The summed E-state index contributed by atoms with van der Waals surface area (Å²) in [5.41, 5.74) is 0.946. The van der Waals surface area contributed by atoms with E-state index in [0.29, 0.717) is 6.54 Å². The zero-order valence-corrected chi connectivity index (χ0v) is 17.3. The molecule has 0 saturated carbocycles. The lowest BCUT2D eigenvalue weighted by Gasteiger charge is -2.25. The highest BCUT2D eigenvalue weighted by Crippen LogP contribution is 2.29. The standard InChI is InChI=1S/C21H23N3O2S2/c25-20(9-8-17-5-3-16-27-17)24(11-4-10-23-12-14-26-15-13-23)21-22-18-6-1-2-7-19(18)28-21/h1-3,5-9,16H,4,10-15H2/p+1/b9-8+. The van der Waals surface area contributed by atoms with Crippen molar-refractivity contribution >= 4 is 50.0 Å². The van der Waals surface area contributed by atoms with Crippen LogP contribution in [0.25, 0.3) is 16.3 Å². The number of amides is 1. The van der Waals surface area contributed by atoms with Gasteiger partial charge in [0.15, 0.2) is 5.13 Å². The van der Waals surface area contributed by atoms with Crippen LogP contribution in [0.2, 0.25) is 0 Å². The maximum absolute atomic E-state index is 13.0. The van der Waals surface area contributed by atoms with Crippen LogP contribution in [0.3, 0.4) is 0 Å². The van der Waals surface area contributed by atoms with Crippen molar-refractivity contribution in [3.05, 3.63) is 52.7 Å². The van der Waals surface area contributed by atoms with Crippen LogP contribution in [0.1, 0.15) is 11.3 Å².